The van der Waals surface area contributed by atoms with Gasteiger partial charge in [0.2, 0.25) is 0 Å². The SMILES string of the molecule is CCOC(=O)C(N)CCSCOCC1CC1. The monoisotopic (exact) mass is 247 g/mol. The van der Waals surface area contributed by atoms with Crippen LogP contribution in [0.1, 0.15) is 26.2 Å². The van der Waals surface area contributed by atoms with Crippen LogP contribution in [0.4, 0.5) is 0 Å². The minimum Gasteiger partial charge on any atom is -0.465 e. The Morgan fingerprint density at radius 3 is 2.94 bits per heavy atom. The normalized spacial score (nSPS) is 17.1. The molecule has 1 unspecified atom stereocenters. The first kappa shape index (κ1) is 13.8. The average molecular weight is 247 g/mol. The van der Waals surface area contributed by atoms with Gasteiger partial charge in [0.1, 0.15) is 6.04 Å². The van der Waals surface area contributed by atoms with E-state index in [0.29, 0.717) is 19.0 Å². The molecule has 0 aromatic rings. The van der Waals surface area contributed by atoms with E-state index in [9.17, 15) is 4.79 Å². The average Bonchev–Trinajstić information content (AvgIpc) is 3.07. The van der Waals surface area contributed by atoms with Gasteiger partial charge in [0.05, 0.1) is 19.2 Å². The largest absolute Gasteiger partial charge is 0.465 e. The molecule has 2 N–H and O–H groups in total. The fourth-order valence-corrected chi connectivity index (χ4v) is 1.95. The Kier molecular flexibility index (Phi) is 6.84. The third-order valence-electron chi connectivity index (χ3n) is 2.38. The van der Waals surface area contributed by atoms with E-state index in [0.717, 1.165) is 18.3 Å². The number of ether oxygens (including phenoxy) is 2. The van der Waals surface area contributed by atoms with Crippen molar-refractivity contribution in [1.29, 1.82) is 0 Å². The Hall–Kier alpha value is -0.260. The highest BCUT2D eigenvalue weighted by Gasteiger charge is 2.21. The Labute approximate surface area is 101 Å². The van der Waals surface area contributed by atoms with Crippen molar-refractivity contribution in [2.75, 3.05) is 24.9 Å². The van der Waals surface area contributed by atoms with Crippen molar-refractivity contribution in [3.8, 4) is 0 Å². The summed E-state index contributed by atoms with van der Waals surface area (Å²) in [7, 11) is 0. The molecule has 0 bridgehead atoms. The number of esters is 1. The molecule has 0 amide bonds. The summed E-state index contributed by atoms with van der Waals surface area (Å²) in [5.74, 6) is 2.04. The van der Waals surface area contributed by atoms with Crippen LogP contribution in [0.25, 0.3) is 0 Å². The number of nitrogens with two attached hydrogens (primary N) is 1. The molecule has 0 aliphatic heterocycles. The maximum Gasteiger partial charge on any atom is 0.322 e. The lowest BCUT2D eigenvalue weighted by Gasteiger charge is -2.09. The van der Waals surface area contributed by atoms with Gasteiger partial charge in [0, 0.05) is 0 Å². The van der Waals surface area contributed by atoms with Crippen molar-refractivity contribution in [3.05, 3.63) is 0 Å². The van der Waals surface area contributed by atoms with E-state index in [2.05, 4.69) is 0 Å². The van der Waals surface area contributed by atoms with Gasteiger partial charge in [-0.05, 0) is 37.9 Å². The maximum absolute atomic E-state index is 11.2. The van der Waals surface area contributed by atoms with E-state index < -0.39 is 6.04 Å². The lowest BCUT2D eigenvalue weighted by molar-refractivity contribution is -0.144. The summed E-state index contributed by atoms with van der Waals surface area (Å²) < 4.78 is 10.3. The van der Waals surface area contributed by atoms with Crippen LogP contribution in [0.3, 0.4) is 0 Å². The minimum atomic E-state index is -0.490. The lowest BCUT2D eigenvalue weighted by Crippen LogP contribution is -2.32. The molecule has 0 aromatic heterocycles. The summed E-state index contributed by atoms with van der Waals surface area (Å²) >= 11 is 1.68. The van der Waals surface area contributed by atoms with Crippen LogP contribution in [-0.4, -0.2) is 36.9 Å². The minimum absolute atomic E-state index is 0.304. The molecule has 0 aromatic carbocycles. The standard InChI is InChI=1S/C11H21NO3S/c1-2-15-11(13)10(12)5-6-16-8-14-7-9-3-4-9/h9-10H,2-8,12H2,1H3. The second-order valence-corrected chi connectivity index (χ2v) is 5.04. The molecule has 0 heterocycles. The highest BCUT2D eigenvalue weighted by Crippen LogP contribution is 2.29. The molecule has 16 heavy (non-hydrogen) atoms. The Morgan fingerprint density at radius 2 is 2.31 bits per heavy atom. The van der Waals surface area contributed by atoms with Crippen LogP contribution in [-0.2, 0) is 14.3 Å². The summed E-state index contributed by atoms with van der Waals surface area (Å²) in [6.07, 6.45) is 3.28. The molecular weight excluding hydrogens is 226 g/mol. The predicted octanol–water partition coefficient (Wildman–Crippen LogP) is 1.38. The maximum atomic E-state index is 11.2. The van der Waals surface area contributed by atoms with E-state index in [-0.39, 0.29) is 5.97 Å². The molecule has 1 aliphatic rings. The second-order valence-electron chi connectivity index (χ2n) is 3.99. The number of hydrogen-bond donors (Lipinski definition) is 1. The quantitative estimate of drug-likeness (QED) is 0.379. The molecule has 1 fully saturated rings. The van der Waals surface area contributed by atoms with Gasteiger partial charge in [-0.15, -0.1) is 11.8 Å². The molecule has 1 atom stereocenters. The first-order valence-corrected chi connectivity index (χ1v) is 6.97. The van der Waals surface area contributed by atoms with Crippen LogP contribution < -0.4 is 5.73 Å². The smallest absolute Gasteiger partial charge is 0.322 e. The third-order valence-corrected chi connectivity index (χ3v) is 3.24. The van der Waals surface area contributed by atoms with Crippen LogP contribution >= 0.6 is 11.8 Å². The van der Waals surface area contributed by atoms with Gasteiger partial charge < -0.3 is 15.2 Å². The Bertz CT molecular complexity index is 209. The summed E-state index contributed by atoms with van der Waals surface area (Å²) in [5, 5.41) is 0. The summed E-state index contributed by atoms with van der Waals surface area (Å²) in [5.41, 5.74) is 5.65. The molecule has 0 saturated heterocycles. The Balaban J connectivity index is 1.86. The lowest BCUT2D eigenvalue weighted by atomic mass is 10.2. The Morgan fingerprint density at radius 1 is 1.56 bits per heavy atom. The summed E-state index contributed by atoms with van der Waals surface area (Å²) in [4.78, 5) is 11.2. The fourth-order valence-electron chi connectivity index (χ4n) is 1.19. The van der Waals surface area contributed by atoms with E-state index in [1.807, 2.05) is 0 Å². The van der Waals surface area contributed by atoms with Gasteiger partial charge in [0.25, 0.3) is 0 Å². The van der Waals surface area contributed by atoms with Gasteiger partial charge in [0.15, 0.2) is 0 Å². The van der Waals surface area contributed by atoms with Gasteiger partial charge in [-0.2, -0.15) is 0 Å². The molecular formula is C11H21NO3S. The fraction of sp³-hybridized carbons (Fsp3) is 0.909. The predicted molar refractivity (Wildman–Crippen MR) is 65.2 cm³/mol. The van der Waals surface area contributed by atoms with Crippen molar-refractivity contribution in [2.24, 2.45) is 11.7 Å². The molecule has 5 heteroatoms. The molecule has 0 spiro atoms. The van der Waals surface area contributed by atoms with Gasteiger partial charge in [-0.25, -0.2) is 0 Å². The molecule has 4 nitrogen and oxygen atoms in total. The van der Waals surface area contributed by atoms with Crippen LogP contribution in [0.2, 0.25) is 0 Å². The molecule has 0 radical (unpaired) electrons. The first-order chi connectivity index (χ1) is 7.74. The zero-order valence-electron chi connectivity index (χ0n) is 9.81. The topological polar surface area (TPSA) is 61.5 Å². The highest BCUT2D eigenvalue weighted by atomic mass is 32.2. The van der Waals surface area contributed by atoms with Gasteiger partial charge in [-0.1, -0.05) is 0 Å². The van der Waals surface area contributed by atoms with E-state index in [1.165, 1.54) is 12.8 Å². The van der Waals surface area contributed by atoms with Gasteiger partial charge >= 0.3 is 5.97 Å². The van der Waals surface area contributed by atoms with Crippen molar-refractivity contribution in [3.63, 3.8) is 0 Å². The van der Waals surface area contributed by atoms with Crippen LogP contribution in [0.15, 0.2) is 0 Å². The van der Waals surface area contributed by atoms with Gasteiger partial charge in [-0.3, -0.25) is 4.79 Å². The van der Waals surface area contributed by atoms with E-state index in [4.69, 9.17) is 15.2 Å². The zero-order chi connectivity index (χ0) is 11.8. The van der Waals surface area contributed by atoms with Crippen molar-refractivity contribution >= 4 is 17.7 Å². The number of carbonyl (C=O) groups excluding carboxylic acids is 1. The first-order valence-electron chi connectivity index (χ1n) is 5.81. The zero-order valence-corrected chi connectivity index (χ0v) is 10.6. The molecule has 1 aliphatic carbocycles. The summed E-state index contributed by atoms with van der Waals surface area (Å²) in [6.45, 7) is 3.06. The van der Waals surface area contributed by atoms with Crippen LogP contribution in [0.5, 0.6) is 0 Å². The summed E-state index contributed by atoms with van der Waals surface area (Å²) in [6, 6.07) is -0.490. The molecule has 1 saturated carbocycles. The molecule has 94 valence electrons. The number of hydrogen-bond acceptors (Lipinski definition) is 5. The van der Waals surface area contributed by atoms with Crippen LogP contribution in [0, 0.1) is 5.92 Å². The number of rotatable bonds is 9. The second kappa shape index (κ2) is 7.92. The third kappa shape index (κ3) is 6.35. The van der Waals surface area contributed by atoms with E-state index in [1.54, 1.807) is 18.7 Å². The van der Waals surface area contributed by atoms with Crippen molar-refractivity contribution < 1.29 is 14.3 Å². The molecule has 1 rings (SSSR count). The number of carbonyl (C=O) groups is 1. The van der Waals surface area contributed by atoms with E-state index >= 15 is 0 Å². The number of thioether (sulfide) groups is 1. The van der Waals surface area contributed by atoms with Crippen molar-refractivity contribution in [1.82, 2.24) is 0 Å². The van der Waals surface area contributed by atoms with Crippen molar-refractivity contribution in [2.45, 2.75) is 32.2 Å². The highest BCUT2D eigenvalue weighted by molar-refractivity contribution is 7.99.